The quantitative estimate of drug-likeness (QED) is 0.697. The highest BCUT2D eigenvalue weighted by Crippen LogP contribution is 2.34. The van der Waals surface area contributed by atoms with Gasteiger partial charge in [0.25, 0.3) is 0 Å². The Morgan fingerprint density at radius 3 is 2.68 bits per heavy atom. The van der Waals surface area contributed by atoms with Crippen molar-refractivity contribution in [1.29, 1.82) is 0 Å². The molecule has 28 heavy (non-hydrogen) atoms. The Balaban J connectivity index is 1.31. The van der Waals surface area contributed by atoms with Crippen LogP contribution < -0.4 is 5.32 Å². The number of para-hydroxylation sites is 1. The zero-order valence-corrected chi connectivity index (χ0v) is 16.7. The monoisotopic (exact) mass is 397 g/mol. The number of hydrogen-bond donors (Lipinski definition) is 1. The Labute approximate surface area is 168 Å². The smallest absolute Gasteiger partial charge is 0.237 e. The van der Waals surface area contributed by atoms with Crippen LogP contribution in [0.15, 0.2) is 48.5 Å². The molecule has 1 atom stereocenters. The number of piperidine rings is 1. The summed E-state index contributed by atoms with van der Waals surface area (Å²) in [4.78, 5) is 19.5. The largest absolute Gasteiger partial charge is 0.351 e. The average molecular weight is 398 g/mol. The van der Waals surface area contributed by atoms with Crippen LogP contribution in [-0.4, -0.2) is 34.9 Å². The molecule has 1 aliphatic heterocycles. The number of halogens is 1. The molecule has 6 heteroatoms. The summed E-state index contributed by atoms with van der Waals surface area (Å²) in [6.45, 7) is 3.89. The number of amides is 1. The molecule has 4 rings (SSSR count). The Kier molecular flexibility index (Phi) is 5.69. The van der Waals surface area contributed by atoms with Gasteiger partial charge in [-0.25, -0.2) is 9.37 Å². The van der Waals surface area contributed by atoms with Crippen molar-refractivity contribution < 1.29 is 9.18 Å². The molecule has 1 aliphatic rings. The Bertz CT molecular complexity index is 932. The number of aromatic nitrogens is 1. The van der Waals surface area contributed by atoms with Crippen LogP contribution >= 0.6 is 11.3 Å². The predicted octanol–water partition coefficient (Wildman–Crippen LogP) is 4.32. The molecule has 2 heterocycles. The average Bonchev–Trinajstić information content (AvgIpc) is 3.17. The molecule has 0 aliphatic carbocycles. The fourth-order valence-corrected chi connectivity index (χ4v) is 4.87. The molecule has 1 unspecified atom stereocenters. The minimum absolute atomic E-state index is 0.0540. The maximum Gasteiger partial charge on any atom is 0.237 e. The molecule has 0 bridgehead atoms. The van der Waals surface area contributed by atoms with E-state index in [4.69, 9.17) is 4.98 Å². The molecule has 1 saturated heterocycles. The third-order valence-electron chi connectivity index (χ3n) is 5.53. The van der Waals surface area contributed by atoms with Crippen LogP contribution in [0.1, 0.15) is 36.3 Å². The van der Waals surface area contributed by atoms with E-state index < -0.39 is 0 Å². The normalized spacial score (nSPS) is 16.9. The van der Waals surface area contributed by atoms with Gasteiger partial charge in [-0.15, -0.1) is 11.3 Å². The van der Waals surface area contributed by atoms with Crippen molar-refractivity contribution in [2.24, 2.45) is 0 Å². The second kappa shape index (κ2) is 8.37. The zero-order valence-electron chi connectivity index (χ0n) is 15.9. The summed E-state index contributed by atoms with van der Waals surface area (Å²) in [5, 5.41) is 4.07. The Morgan fingerprint density at radius 2 is 1.93 bits per heavy atom. The Hall–Kier alpha value is -2.31. The topological polar surface area (TPSA) is 45.2 Å². The summed E-state index contributed by atoms with van der Waals surface area (Å²) in [7, 11) is 0. The van der Waals surface area contributed by atoms with Crippen LogP contribution in [0.2, 0.25) is 0 Å². The first-order valence-electron chi connectivity index (χ1n) is 9.72. The van der Waals surface area contributed by atoms with Crippen LogP contribution in [0.3, 0.4) is 0 Å². The van der Waals surface area contributed by atoms with Crippen LogP contribution in [0, 0.1) is 5.82 Å². The highest BCUT2D eigenvalue weighted by Gasteiger charge is 2.28. The van der Waals surface area contributed by atoms with Crippen molar-refractivity contribution in [2.75, 3.05) is 13.1 Å². The standard InChI is InChI=1S/C22H24FN3OS/c1-15(21(27)24-14-17-6-2-3-7-18(17)23)26-12-10-16(11-13-26)22-25-19-8-4-5-9-20(19)28-22/h2-9,15-16H,10-14H2,1H3,(H,24,27). The van der Waals surface area contributed by atoms with E-state index in [9.17, 15) is 9.18 Å². The number of benzene rings is 2. The van der Waals surface area contributed by atoms with E-state index in [1.165, 1.54) is 15.8 Å². The van der Waals surface area contributed by atoms with Crippen molar-refractivity contribution in [3.05, 3.63) is 64.9 Å². The van der Waals surface area contributed by atoms with Gasteiger partial charge in [-0.2, -0.15) is 0 Å². The number of carbonyl (C=O) groups is 1. The molecule has 146 valence electrons. The second-order valence-electron chi connectivity index (χ2n) is 7.32. The van der Waals surface area contributed by atoms with E-state index in [0.717, 1.165) is 31.4 Å². The van der Waals surface area contributed by atoms with Gasteiger partial charge in [0.05, 0.1) is 21.3 Å². The van der Waals surface area contributed by atoms with Gasteiger partial charge >= 0.3 is 0 Å². The first-order chi connectivity index (χ1) is 13.6. The van der Waals surface area contributed by atoms with E-state index in [1.54, 1.807) is 29.5 Å². The first-order valence-corrected chi connectivity index (χ1v) is 10.5. The van der Waals surface area contributed by atoms with Crippen LogP contribution in [-0.2, 0) is 11.3 Å². The third-order valence-corrected chi connectivity index (χ3v) is 6.73. The van der Waals surface area contributed by atoms with Gasteiger partial charge < -0.3 is 5.32 Å². The van der Waals surface area contributed by atoms with Crippen molar-refractivity contribution >= 4 is 27.5 Å². The van der Waals surface area contributed by atoms with Gasteiger partial charge in [0.2, 0.25) is 5.91 Å². The molecule has 0 saturated carbocycles. The molecule has 1 fully saturated rings. The highest BCUT2D eigenvalue weighted by molar-refractivity contribution is 7.18. The minimum atomic E-state index is -0.285. The minimum Gasteiger partial charge on any atom is -0.351 e. The highest BCUT2D eigenvalue weighted by atomic mass is 32.1. The van der Waals surface area contributed by atoms with Crippen molar-refractivity contribution in [3.63, 3.8) is 0 Å². The molecular weight excluding hydrogens is 373 g/mol. The van der Waals surface area contributed by atoms with Gasteiger partial charge in [-0.1, -0.05) is 30.3 Å². The number of fused-ring (bicyclic) bond motifs is 1. The fraction of sp³-hybridized carbons (Fsp3) is 0.364. The third kappa shape index (κ3) is 4.08. The summed E-state index contributed by atoms with van der Waals surface area (Å²) in [6, 6.07) is 14.6. The van der Waals surface area contributed by atoms with Gasteiger partial charge in [0.1, 0.15) is 5.82 Å². The first kappa shape index (κ1) is 19.0. The fourth-order valence-electron chi connectivity index (χ4n) is 3.74. The second-order valence-corrected chi connectivity index (χ2v) is 8.38. The lowest BCUT2D eigenvalue weighted by molar-refractivity contribution is -0.126. The van der Waals surface area contributed by atoms with Crippen LogP contribution in [0.25, 0.3) is 10.2 Å². The van der Waals surface area contributed by atoms with E-state index in [2.05, 4.69) is 28.4 Å². The number of likely N-dealkylation sites (tertiary alicyclic amines) is 1. The lowest BCUT2D eigenvalue weighted by Crippen LogP contribution is -2.47. The van der Waals surface area contributed by atoms with E-state index in [1.807, 2.05) is 13.0 Å². The lowest BCUT2D eigenvalue weighted by Gasteiger charge is -2.34. The number of rotatable bonds is 5. The predicted molar refractivity (Wildman–Crippen MR) is 111 cm³/mol. The van der Waals surface area contributed by atoms with Gasteiger partial charge in [0.15, 0.2) is 0 Å². The van der Waals surface area contributed by atoms with E-state index >= 15 is 0 Å². The molecule has 0 radical (unpaired) electrons. The van der Waals surface area contributed by atoms with Crippen molar-refractivity contribution in [2.45, 2.75) is 38.3 Å². The summed E-state index contributed by atoms with van der Waals surface area (Å²) in [5.74, 6) is 0.121. The maximum atomic E-state index is 13.7. The van der Waals surface area contributed by atoms with E-state index in [0.29, 0.717) is 11.5 Å². The summed E-state index contributed by atoms with van der Waals surface area (Å²) < 4.78 is 14.9. The molecule has 1 aromatic heterocycles. The molecule has 4 nitrogen and oxygen atoms in total. The number of carbonyl (C=O) groups excluding carboxylic acids is 1. The van der Waals surface area contributed by atoms with Crippen LogP contribution in [0.5, 0.6) is 0 Å². The number of nitrogens with one attached hydrogen (secondary N) is 1. The van der Waals surface area contributed by atoms with Gasteiger partial charge in [-0.05, 0) is 51.1 Å². The molecule has 3 aromatic rings. The molecule has 0 spiro atoms. The number of hydrogen-bond acceptors (Lipinski definition) is 4. The van der Waals surface area contributed by atoms with Gasteiger partial charge in [-0.3, -0.25) is 9.69 Å². The number of nitrogens with zero attached hydrogens (tertiary/aromatic N) is 2. The van der Waals surface area contributed by atoms with E-state index in [-0.39, 0.29) is 24.3 Å². The van der Waals surface area contributed by atoms with Crippen molar-refractivity contribution in [3.8, 4) is 0 Å². The summed E-state index contributed by atoms with van der Waals surface area (Å²) in [6.07, 6.45) is 2.01. The molecular formula is C22H24FN3OS. The van der Waals surface area contributed by atoms with Gasteiger partial charge in [0, 0.05) is 18.0 Å². The molecule has 1 amide bonds. The van der Waals surface area contributed by atoms with Crippen molar-refractivity contribution in [1.82, 2.24) is 15.2 Å². The Morgan fingerprint density at radius 1 is 1.21 bits per heavy atom. The van der Waals surface area contributed by atoms with Crippen LogP contribution in [0.4, 0.5) is 4.39 Å². The maximum absolute atomic E-state index is 13.7. The zero-order chi connectivity index (χ0) is 19.5. The summed E-state index contributed by atoms with van der Waals surface area (Å²) in [5.41, 5.74) is 1.59. The lowest BCUT2D eigenvalue weighted by atomic mass is 9.96. The molecule has 1 N–H and O–H groups in total. The molecule has 2 aromatic carbocycles. The summed E-state index contributed by atoms with van der Waals surface area (Å²) >= 11 is 1.78. The SMILES string of the molecule is CC(C(=O)NCc1ccccc1F)N1CCC(c2nc3ccccc3s2)CC1. The number of thiazole rings is 1.